The van der Waals surface area contributed by atoms with Gasteiger partial charge in [-0.1, -0.05) is 44.0 Å². The first kappa shape index (κ1) is 15.3. The van der Waals surface area contributed by atoms with Crippen LogP contribution in [0.3, 0.4) is 0 Å². The molecular weight excluding hydrogens is 246 g/mol. The molecular formula is C15H24ClNO. The topological polar surface area (TPSA) is 35.2 Å². The van der Waals surface area contributed by atoms with Crippen LogP contribution < -0.4 is 10.5 Å². The van der Waals surface area contributed by atoms with Gasteiger partial charge in [0.05, 0.1) is 11.6 Å². The number of para-hydroxylation sites is 1. The van der Waals surface area contributed by atoms with Crippen molar-refractivity contribution in [1.82, 2.24) is 0 Å². The van der Waals surface area contributed by atoms with Crippen LogP contribution in [-0.4, -0.2) is 12.6 Å². The molecule has 2 unspecified atom stereocenters. The summed E-state index contributed by atoms with van der Waals surface area (Å²) in [7, 11) is 0. The molecule has 0 bridgehead atoms. The number of halogens is 1. The lowest BCUT2D eigenvalue weighted by Crippen LogP contribution is -2.19. The van der Waals surface area contributed by atoms with Crippen molar-refractivity contribution in [1.29, 1.82) is 0 Å². The van der Waals surface area contributed by atoms with E-state index < -0.39 is 0 Å². The molecule has 0 saturated carbocycles. The van der Waals surface area contributed by atoms with E-state index in [2.05, 4.69) is 13.8 Å². The van der Waals surface area contributed by atoms with E-state index in [4.69, 9.17) is 22.1 Å². The van der Waals surface area contributed by atoms with Gasteiger partial charge in [0.2, 0.25) is 0 Å². The molecule has 1 rings (SSSR count). The molecule has 0 radical (unpaired) electrons. The molecule has 3 heteroatoms. The van der Waals surface area contributed by atoms with Gasteiger partial charge >= 0.3 is 0 Å². The fraction of sp³-hybridized carbons (Fsp3) is 0.600. The van der Waals surface area contributed by atoms with E-state index in [-0.39, 0.29) is 6.04 Å². The number of hydrogen-bond acceptors (Lipinski definition) is 2. The van der Waals surface area contributed by atoms with Crippen LogP contribution in [0.1, 0.15) is 39.2 Å². The van der Waals surface area contributed by atoms with E-state index in [0.29, 0.717) is 17.5 Å². The smallest absolute Gasteiger partial charge is 0.141 e. The highest BCUT2D eigenvalue weighted by Gasteiger charge is 2.11. The van der Waals surface area contributed by atoms with Crippen molar-refractivity contribution < 1.29 is 4.74 Å². The molecule has 0 heterocycles. The third-order valence-corrected chi connectivity index (χ3v) is 3.18. The summed E-state index contributed by atoms with van der Waals surface area (Å²) in [6, 6.07) is 5.96. The molecule has 0 fully saturated rings. The maximum atomic E-state index is 6.21. The first-order valence-corrected chi connectivity index (χ1v) is 7.08. The highest BCUT2D eigenvalue weighted by Crippen LogP contribution is 2.30. The Morgan fingerprint density at radius 2 is 2.06 bits per heavy atom. The van der Waals surface area contributed by atoms with E-state index in [1.165, 1.54) is 12.8 Å². The summed E-state index contributed by atoms with van der Waals surface area (Å²) in [5, 5.41) is 0.678. The van der Waals surface area contributed by atoms with Gasteiger partial charge in [0.25, 0.3) is 0 Å². The predicted molar refractivity (Wildman–Crippen MR) is 78.4 cm³/mol. The van der Waals surface area contributed by atoms with Gasteiger partial charge in [0, 0.05) is 6.04 Å². The summed E-state index contributed by atoms with van der Waals surface area (Å²) in [5.41, 5.74) is 6.95. The van der Waals surface area contributed by atoms with Crippen LogP contribution in [-0.2, 0) is 6.42 Å². The highest BCUT2D eigenvalue weighted by molar-refractivity contribution is 6.32. The minimum Gasteiger partial charge on any atom is -0.491 e. The van der Waals surface area contributed by atoms with Crippen molar-refractivity contribution in [3.8, 4) is 5.75 Å². The van der Waals surface area contributed by atoms with Crippen molar-refractivity contribution in [2.45, 2.75) is 46.1 Å². The monoisotopic (exact) mass is 269 g/mol. The van der Waals surface area contributed by atoms with Crippen LogP contribution in [0.5, 0.6) is 5.75 Å². The van der Waals surface area contributed by atoms with E-state index in [0.717, 1.165) is 17.7 Å². The summed E-state index contributed by atoms with van der Waals surface area (Å²) in [6.45, 7) is 7.09. The van der Waals surface area contributed by atoms with Crippen molar-refractivity contribution in [3.05, 3.63) is 28.8 Å². The molecule has 0 aliphatic heterocycles. The van der Waals surface area contributed by atoms with Crippen LogP contribution in [0.4, 0.5) is 0 Å². The Bertz CT molecular complexity index is 366. The summed E-state index contributed by atoms with van der Waals surface area (Å²) in [6.07, 6.45) is 3.14. The fourth-order valence-electron chi connectivity index (χ4n) is 2.02. The molecule has 18 heavy (non-hydrogen) atoms. The number of nitrogens with two attached hydrogens (primary N) is 1. The molecule has 2 N–H and O–H groups in total. The minimum atomic E-state index is 0.110. The zero-order chi connectivity index (χ0) is 13.5. The molecule has 0 aromatic heterocycles. The maximum absolute atomic E-state index is 6.21. The zero-order valence-corrected chi connectivity index (χ0v) is 12.3. The quantitative estimate of drug-likeness (QED) is 0.811. The first-order valence-electron chi connectivity index (χ1n) is 6.70. The standard InChI is InChI=1S/C15H24ClNO/c1-4-6-11(2)10-18-15-13(9-12(3)17)7-5-8-14(15)16/h5,7-8,11-12H,4,6,9-10,17H2,1-3H3. The van der Waals surface area contributed by atoms with Gasteiger partial charge < -0.3 is 10.5 Å². The second-order valence-electron chi connectivity index (χ2n) is 5.11. The Morgan fingerprint density at radius 1 is 1.33 bits per heavy atom. The number of rotatable bonds is 7. The van der Waals surface area contributed by atoms with Crippen molar-refractivity contribution in [3.63, 3.8) is 0 Å². The lowest BCUT2D eigenvalue weighted by atomic mass is 10.1. The van der Waals surface area contributed by atoms with Crippen LogP contribution in [0.25, 0.3) is 0 Å². The van der Waals surface area contributed by atoms with E-state index in [1.54, 1.807) is 0 Å². The minimum absolute atomic E-state index is 0.110. The molecule has 0 aliphatic carbocycles. The van der Waals surface area contributed by atoms with E-state index >= 15 is 0 Å². The molecule has 102 valence electrons. The van der Waals surface area contributed by atoms with Gasteiger partial charge in [0.15, 0.2) is 0 Å². The first-order chi connectivity index (χ1) is 8.54. The highest BCUT2D eigenvalue weighted by atomic mass is 35.5. The van der Waals surface area contributed by atoms with Crippen LogP contribution >= 0.6 is 11.6 Å². The summed E-state index contributed by atoms with van der Waals surface area (Å²) >= 11 is 6.21. The van der Waals surface area contributed by atoms with Crippen LogP contribution in [0.2, 0.25) is 5.02 Å². The van der Waals surface area contributed by atoms with Gasteiger partial charge in [-0.25, -0.2) is 0 Å². The van der Waals surface area contributed by atoms with Gasteiger partial charge in [-0.3, -0.25) is 0 Å². The van der Waals surface area contributed by atoms with Crippen molar-refractivity contribution >= 4 is 11.6 Å². The van der Waals surface area contributed by atoms with E-state index in [1.807, 2.05) is 25.1 Å². The Hall–Kier alpha value is -0.730. The largest absolute Gasteiger partial charge is 0.491 e. The third-order valence-electron chi connectivity index (χ3n) is 2.88. The summed E-state index contributed by atoms with van der Waals surface area (Å²) < 4.78 is 5.90. The predicted octanol–water partition coefficient (Wildman–Crippen LogP) is 4.04. The average molecular weight is 270 g/mol. The Kier molecular flexibility index (Phi) is 6.51. The Balaban J connectivity index is 2.73. The van der Waals surface area contributed by atoms with Crippen molar-refractivity contribution in [2.24, 2.45) is 11.7 Å². The van der Waals surface area contributed by atoms with Gasteiger partial charge in [-0.05, 0) is 37.3 Å². The molecule has 0 saturated heterocycles. The van der Waals surface area contributed by atoms with Crippen LogP contribution in [0.15, 0.2) is 18.2 Å². The van der Waals surface area contributed by atoms with Gasteiger partial charge in [0.1, 0.15) is 5.75 Å². The number of hydrogen-bond donors (Lipinski definition) is 1. The average Bonchev–Trinajstić information content (AvgIpc) is 2.28. The van der Waals surface area contributed by atoms with Crippen LogP contribution in [0, 0.1) is 5.92 Å². The zero-order valence-electron chi connectivity index (χ0n) is 11.6. The number of benzene rings is 1. The normalized spacial score (nSPS) is 14.3. The lowest BCUT2D eigenvalue weighted by Gasteiger charge is -2.17. The molecule has 2 nitrogen and oxygen atoms in total. The lowest BCUT2D eigenvalue weighted by molar-refractivity contribution is 0.249. The molecule has 1 aromatic carbocycles. The molecule has 2 atom stereocenters. The SMILES string of the molecule is CCCC(C)COc1c(Cl)cccc1CC(C)N. The molecule has 0 aliphatic rings. The third kappa shape index (κ3) is 4.87. The Labute approximate surface area is 115 Å². The maximum Gasteiger partial charge on any atom is 0.141 e. The molecule has 0 spiro atoms. The summed E-state index contributed by atoms with van der Waals surface area (Å²) in [5.74, 6) is 1.36. The second kappa shape index (κ2) is 7.65. The van der Waals surface area contributed by atoms with Gasteiger partial charge in [-0.2, -0.15) is 0 Å². The number of ether oxygens (including phenoxy) is 1. The van der Waals surface area contributed by atoms with Crippen molar-refractivity contribution in [2.75, 3.05) is 6.61 Å². The second-order valence-corrected chi connectivity index (χ2v) is 5.52. The fourth-order valence-corrected chi connectivity index (χ4v) is 2.27. The van der Waals surface area contributed by atoms with Gasteiger partial charge in [-0.15, -0.1) is 0 Å². The van der Waals surface area contributed by atoms with E-state index in [9.17, 15) is 0 Å². The molecule has 1 aromatic rings. The Morgan fingerprint density at radius 3 is 2.67 bits per heavy atom. The summed E-state index contributed by atoms with van der Waals surface area (Å²) in [4.78, 5) is 0. The molecule has 0 amide bonds.